The van der Waals surface area contributed by atoms with Gasteiger partial charge < -0.3 is 10.0 Å². The van der Waals surface area contributed by atoms with Crippen LogP contribution in [0.5, 0.6) is 0 Å². The molecule has 1 amide bonds. The van der Waals surface area contributed by atoms with Crippen LogP contribution in [0, 0.1) is 0 Å². The summed E-state index contributed by atoms with van der Waals surface area (Å²) >= 11 is 5.79. The highest BCUT2D eigenvalue weighted by Gasteiger charge is 2.15. The zero-order chi connectivity index (χ0) is 14.1. The van der Waals surface area contributed by atoms with Crippen molar-refractivity contribution in [2.24, 2.45) is 0 Å². The SMILES string of the molecule is CCCCCCN(CCO)C(=O)c1ccnc(Cl)c1. The maximum atomic E-state index is 12.3. The van der Waals surface area contributed by atoms with Crippen LogP contribution in [-0.4, -0.2) is 40.6 Å². The van der Waals surface area contributed by atoms with Gasteiger partial charge in [-0.05, 0) is 18.6 Å². The lowest BCUT2D eigenvalue weighted by atomic mass is 10.2. The molecule has 0 aromatic carbocycles. The van der Waals surface area contributed by atoms with Crippen molar-refractivity contribution in [3.8, 4) is 0 Å². The van der Waals surface area contributed by atoms with E-state index < -0.39 is 0 Å². The molecule has 0 saturated carbocycles. The first-order chi connectivity index (χ1) is 9.19. The van der Waals surface area contributed by atoms with E-state index >= 15 is 0 Å². The summed E-state index contributed by atoms with van der Waals surface area (Å²) in [6.07, 6.45) is 5.90. The van der Waals surface area contributed by atoms with Crippen LogP contribution >= 0.6 is 11.6 Å². The van der Waals surface area contributed by atoms with Gasteiger partial charge in [-0.1, -0.05) is 37.8 Å². The molecule has 0 aliphatic rings. The monoisotopic (exact) mass is 284 g/mol. The molecule has 1 N–H and O–H groups in total. The number of carbonyl (C=O) groups excluding carboxylic acids is 1. The number of carbonyl (C=O) groups is 1. The minimum atomic E-state index is -0.102. The molecule has 1 aromatic rings. The van der Waals surface area contributed by atoms with Crippen molar-refractivity contribution >= 4 is 17.5 Å². The van der Waals surface area contributed by atoms with Crippen LogP contribution in [0.3, 0.4) is 0 Å². The Morgan fingerprint density at radius 1 is 1.37 bits per heavy atom. The standard InChI is InChI=1S/C14H21ClN2O2/c1-2-3-4-5-8-17(9-10-18)14(19)12-6-7-16-13(15)11-12/h6-7,11,18H,2-5,8-10H2,1H3. The molecule has 4 nitrogen and oxygen atoms in total. The highest BCUT2D eigenvalue weighted by atomic mass is 35.5. The van der Waals surface area contributed by atoms with Crippen LogP contribution in [0.15, 0.2) is 18.3 Å². The third-order valence-electron chi connectivity index (χ3n) is 2.91. The molecule has 19 heavy (non-hydrogen) atoms. The van der Waals surface area contributed by atoms with Gasteiger partial charge in [0.15, 0.2) is 0 Å². The van der Waals surface area contributed by atoms with Gasteiger partial charge in [0.05, 0.1) is 6.61 Å². The fourth-order valence-electron chi connectivity index (χ4n) is 1.88. The quantitative estimate of drug-likeness (QED) is 0.590. The zero-order valence-electron chi connectivity index (χ0n) is 11.3. The lowest BCUT2D eigenvalue weighted by Crippen LogP contribution is -2.34. The number of unbranched alkanes of at least 4 members (excludes halogenated alkanes) is 3. The molecule has 0 unspecified atom stereocenters. The largest absolute Gasteiger partial charge is 0.395 e. The summed E-state index contributed by atoms with van der Waals surface area (Å²) in [6, 6.07) is 3.20. The lowest BCUT2D eigenvalue weighted by Gasteiger charge is -2.21. The summed E-state index contributed by atoms with van der Waals surface area (Å²) in [5, 5.41) is 9.36. The van der Waals surface area contributed by atoms with Gasteiger partial charge >= 0.3 is 0 Å². The molecule has 5 heteroatoms. The molecule has 0 saturated heterocycles. The second kappa shape index (κ2) is 8.88. The van der Waals surface area contributed by atoms with E-state index in [0.29, 0.717) is 23.8 Å². The first kappa shape index (κ1) is 15.9. The summed E-state index contributed by atoms with van der Waals surface area (Å²) in [4.78, 5) is 17.8. The lowest BCUT2D eigenvalue weighted by molar-refractivity contribution is 0.0718. The number of nitrogens with zero attached hydrogens (tertiary/aromatic N) is 2. The number of aromatic nitrogens is 1. The molecule has 0 bridgehead atoms. The maximum Gasteiger partial charge on any atom is 0.254 e. The molecule has 1 aromatic heterocycles. The van der Waals surface area contributed by atoms with Crippen LogP contribution in [0.25, 0.3) is 0 Å². The van der Waals surface area contributed by atoms with Crippen molar-refractivity contribution in [1.82, 2.24) is 9.88 Å². The summed E-state index contributed by atoms with van der Waals surface area (Å²) in [5.74, 6) is -0.102. The molecule has 0 spiro atoms. The van der Waals surface area contributed by atoms with Crippen LogP contribution in [0.4, 0.5) is 0 Å². The topological polar surface area (TPSA) is 53.4 Å². The highest BCUT2D eigenvalue weighted by molar-refractivity contribution is 6.29. The Morgan fingerprint density at radius 3 is 2.79 bits per heavy atom. The summed E-state index contributed by atoms with van der Waals surface area (Å²) in [7, 11) is 0. The number of hydrogen-bond acceptors (Lipinski definition) is 3. The number of hydrogen-bond donors (Lipinski definition) is 1. The number of aliphatic hydroxyl groups excluding tert-OH is 1. The third kappa shape index (κ3) is 5.57. The Balaban J connectivity index is 2.61. The average molecular weight is 285 g/mol. The van der Waals surface area contributed by atoms with Crippen molar-refractivity contribution in [3.05, 3.63) is 29.0 Å². The predicted molar refractivity (Wildman–Crippen MR) is 76.4 cm³/mol. The third-order valence-corrected chi connectivity index (χ3v) is 3.12. The van der Waals surface area contributed by atoms with Crippen molar-refractivity contribution < 1.29 is 9.90 Å². The van der Waals surface area contributed by atoms with E-state index in [-0.39, 0.29) is 12.5 Å². The Bertz CT molecular complexity index is 399. The molecule has 0 aliphatic carbocycles. The Kier molecular flexibility index (Phi) is 7.45. The Labute approximate surface area is 119 Å². The Hall–Kier alpha value is -1.13. The minimum absolute atomic E-state index is 0.0294. The molecular weight excluding hydrogens is 264 g/mol. The fraction of sp³-hybridized carbons (Fsp3) is 0.571. The van der Waals surface area contributed by atoms with Crippen molar-refractivity contribution in [2.45, 2.75) is 32.6 Å². The number of halogens is 1. The number of pyridine rings is 1. The van der Waals surface area contributed by atoms with Gasteiger partial charge in [-0.15, -0.1) is 0 Å². The molecule has 0 aliphatic heterocycles. The molecular formula is C14H21ClN2O2. The van der Waals surface area contributed by atoms with Gasteiger partial charge in [0, 0.05) is 24.8 Å². The Morgan fingerprint density at radius 2 is 2.16 bits per heavy atom. The van der Waals surface area contributed by atoms with Gasteiger partial charge in [-0.25, -0.2) is 4.98 Å². The van der Waals surface area contributed by atoms with E-state index in [4.69, 9.17) is 16.7 Å². The van der Waals surface area contributed by atoms with E-state index in [9.17, 15) is 4.79 Å². The molecule has 0 radical (unpaired) electrons. The second-order valence-electron chi connectivity index (χ2n) is 4.44. The van der Waals surface area contributed by atoms with Gasteiger partial charge in [0.1, 0.15) is 5.15 Å². The minimum Gasteiger partial charge on any atom is -0.395 e. The second-order valence-corrected chi connectivity index (χ2v) is 4.83. The van der Waals surface area contributed by atoms with E-state index in [0.717, 1.165) is 19.3 Å². The van der Waals surface area contributed by atoms with Crippen LogP contribution < -0.4 is 0 Å². The van der Waals surface area contributed by atoms with Crippen molar-refractivity contribution in [1.29, 1.82) is 0 Å². The molecule has 0 fully saturated rings. The molecule has 1 heterocycles. The van der Waals surface area contributed by atoms with Crippen molar-refractivity contribution in [3.63, 3.8) is 0 Å². The number of amides is 1. The molecule has 1 rings (SSSR count). The van der Waals surface area contributed by atoms with E-state index in [1.54, 1.807) is 17.0 Å². The van der Waals surface area contributed by atoms with E-state index in [2.05, 4.69) is 11.9 Å². The number of rotatable bonds is 8. The predicted octanol–water partition coefficient (Wildman–Crippen LogP) is 2.75. The smallest absolute Gasteiger partial charge is 0.254 e. The average Bonchev–Trinajstić information content (AvgIpc) is 2.41. The molecule has 0 atom stereocenters. The van der Waals surface area contributed by atoms with Gasteiger partial charge in [0.25, 0.3) is 5.91 Å². The van der Waals surface area contributed by atoms with Gasteiger partial charge in [0.2, 0.25) is 0 Å². The van der Waals surface area contributed by atoms with Gasteiger partial charge in [-0.3, -0.25) is 4.79 Å². The first-order valence-corrected chi connectivity index (χ1v) is 7.08. The van der Waals surface area contributed by atoms with Gasteiger partial charge in [-0.2, -0.15) is 0 Å². The summed E-state index contributed by atoms with van der Waals surface area (Å²) in [5.41, 5.74) is 0.518. The normalized spacial score (nSPS) is 10.5. The maximum absolute atomic E-state index is 12.3. The fourth-order valence-corrected chi connectivity index (χ4v) is 2.06. The molecule has 106 valence electrons. The summed E-state index contributed by atoms with van der Waals surface area (Å²) < 4.78 is 0. The summed E-state index contributed by atoms with van der Waals surface area (Å²) in [6.45, 7) is 3.14. The van der Waals surface area contributed by atoms with Crippen molar-refractivity contribution in [2.75, 3.05) is 19.7 Å². The van der Waals surface area contributed by atoms with Crippen LogP contribution in [0.2, 0.25) is 5.15 Å². The zero-order valence-corrected chi connectivity index (χ0v) is 12.1. The van der Waals surface area contributed by atoms with Crippen LogP contribution in [0.1, 0.15) is 43.0 Å². The first-order valence-electron chi connectivity index (χ1n) is 6.70. The van der Waals surface area contributed by atoms with E-state index in [1.807, 2.05) is 0 Å². The number of aliphatic hydroxyl groups is 1. The van der Waals surface area contributed by atoms with Crippen LogP contribution in [-0.2, 0) is 0 Å². The van der Waals surface area contributed by atoms with E-state index in [1.165, 1.54) is 12.6 Å². The highest BCUT2D eigenvalue weighted by Crippen LogP contribution is 2.11.